The Hall–Kier alpha value is -0.850. The average molecular weight is 191 g/mol. The van der Waals surface area contributed by atoms with E-state index < -0.39 is 0 Å². The second kappa shape index (κ2) is 4.59. The van der Waals surface area contributed by atoms with Crippen molar-refractivity contribution in [1.29, 1.82) is 0 Å². The van der Waals surface area contributed by atoms with Crippen LogP contribution in [0.4, 0.5) is 0 Å². The number of hydrogen-bond donors (Lipinski definition) is 0. The summed E-state index contributed by atoms with van der Waals surface area (Å²) in [6.07, 6.45) is 7.37. The molecule has 0 atom stereocenters. The van der Waals surface area contributed by atoms with E-state index in [0.29, 0.717) is 5.41 Å². The highest BCUT2D eigenvalue weighted by Gasteiger charge is 2.16. The highest BCUT2D eigenvalue weighted by molar-refractivity contribution is 5.24. The SMILES string of the molecule is CCc1cnccc1CC(C)(C)CC. The zero-order valence-electron chi connectivity index (χ0n) is 9.80. The summed E-state index contributed by atoms with van der Waals surface area (Å²) >= 11 is 0. The van der Waals surface area contributed by atoms with E-state index in [1.165, 1.54) is 17.5 Å². The third-order valence-electron chi connectivity index (χ3n) is 3.01. The molecule has 0 fully saturated rings. The lowest BCUT2D eigenvalue weighted by atomic mass is 9.82. The number of aromatic nitrogens is 1. The maximum atomic E-state index is 4.17. The van der Waals surface area contributed by atoms with Crippen LogP contribution in [0.15, 0.2) is 18.5 Å². The fraction of sp³-hybridized carbons (Fsp3) is 0.615. The Balaban J connectivity index is 2.85. The lowest BCUT2D eigenvalue weighted by Gasteiger charge is -2.23. The lowest BCUT2D eigenvalue weighted by Crippen LogP contribution is -2.14. The van der Waals surface area contributed by atoms with Gasteiger partial charge in [0.15, 0.2) is 0 Å². The van der Waals surface area contributed by atoms with Crippen LogP contribution in [0, 0.1) is 5.41 Å². The van der Waals surface area contributed by atoms with Crippen molar-refractivity contribution in [3.8, 4) is 0 Å². The Morgan fingerprint density at radius 3 is 2.50 bits per heavy atom. The zero-order chi connectivity index (χ0) is 10.6. The van der Waals surface area contributed by atoms with Crippen molar-refractivity contribution in [2.75, 3.05) is 0 Å². The minimum atomic E-state index is 0.408. The molecule has 0 N–H and O–H groups in total. The topological polar surface area (TPSA) is 12.9 Å². The predicted octanol–water partition coefficient (Wildman–Crippen LogP) is 3.62. The lowest BCUT2D eigenvalue weighted by molar-refractivity contribution is 0.348. The van der Waals surface area contributed by atoms with Crippen LogP contribution < -0.4 is 0 Å². The minimum Gasteiger partial charge on any atom is -0.264 e. The molecule has 1 heterocycles. The van der Waals surface area contributed by atoms with Gasteiger partial charge in [0.2, 0.25) is 0 Å². The molecular weight excluding hydrogens is 170 g/mol. The number of aryl methyl sites for hydroxylation is 1. The van der Waals surface area contributed by atoms with E-state index in [4.69, 9.17) is 0 Å². The van der Waals surface area contributed by atoms with Gasteiger partial charge in [-0.1, -0.05) is 34.1 Å². The van der Waals surface area contributed by atoms with E-state index in [1.807, 2.05) is 12.4 Å². The molecule has 0 radical (unpaired) electrons. The summed E-state index contributed by atoms with van der Waals surface area (Å²) < 4.78 is 0. The van der Waals surface area contributed by atoms with E-state index in [9.17, 15) is 0 Å². The van der Waals surface area contributed by atoms with Gasteiger partial charge in [-0.15, -0.1) is 0 Å². The van der Waals surface area contributed by atoms with E-state index in [2.05, 4.69) is 38.7 Å². The smallest absolute Gasteiger partial charge is 0.0302 e. The molecule has 0 saturated carbocycles. The fourth-order valence-electron chi connectivity index (χ4n) is 1.59. The highest BCUT2D eigenvalue weighted by atomic mass is 14.6. The standard InChI is InChI=1S/C13H21N/c1-5-11-10-14-8-7-12(11)9-13(3,4)6-2/h7-8,10H,5-6,9H2,1-4H3. The minimum absolute atomic E-state index is 0.408. The van der Waals surface area contributed by atoms with Crippen LogP contribution in [0.2, 0.25) is 0 Å². The zero-order valence-corrected chi connectivity index (χ0v) is 9.80. The van der Waals surface area contributed by atoms with Crippen LogP contribution in [0.25, 0.3) is 0 Å². The number of nitrogens with zero attached hydrogens (tertiary/aromatic N) is 1. The summed E-state index contributed by atoms with van der Waals surface area (Å²) in [7, 11) is 0. The van der Waals surface area contributed by atoms with Crippen LogP contribution >= 0.6 is 0 Å². The fourth-order valence-corrected chi connectivity index (χ4v) is 1.59. The Morgan fingerprint density at radius 2 is 1.93 bits per heavy atom. The first-order valence-electron chi connectivity index (χ1n) is 5.51. The Bertz CT molecular complexity index is 289. The van der Waals surface area contributed by atoms with Crippen molar-refractivity contribution in [2.45, 2.75) is 47.0 Å². The molecule has 0 aliphatic heterocycles. The van der Waals surface area contributed by atoms with Gasteiger partial charge >= 0.3 is 0 Å². The van der Waals surface area contributed by atoms with Gasteiger partial charge in [-0.25, -0.2) is 0 Å². The Morgan fingerprint density at radius 1 is 1.21 bits per heavy atom. The predicted molar refractivity (Wildman–Crippen MR) is 61.4 cm³/mol. The Kier molecular flexibility index (Phi) is 3.68. The molecule has 1 rings (SSSR count). The first-order valence-corrected chi connectivity index (χ1v) is 5.51. The van der Waals surface area contributed by atoms with E-state index >= 15 is 0 Å². The quantitative estimate of drug-likeness (QED) is 0.708. The first kappa shape index (κ1) is 11.2. The van der Waals surface area contributed by atoms with Crippen molar-refractivity contribution in [3.05, 3.63) is 29.6 Å². The molecule has 1 aromatic heterocycles. The highest BCUT2D eigenvalue weighted by Crippen LogP contribution is 2.26. The van der Waals surface area contributed by atoms with Crippen molar-refractivity contribution in [3.63, 3.8) is 0 Å². The number of hydrogen-bond acceptors (Lipinski definition) is 1. The van der Waals surface area contributed by atoms with Gasteiger partial charge in [-0.3, -0.25) is 4.98 Å². The molecule has 0 amide bonds. The molecule has 0 aliphatic rings. The monoisotopic (exact) mass is 191 g/mol. The van der Waals surface area contributed by atoms with Crippen LogP contribution in [-0.2, 0) is 12.8 Å². The van der Waals surface area contributed by atoms with Crippen LogP contribution in [0.1, 0.15) is 45.2 Å². The van der Waals surface area contributed by atoms with E-state index in [0.717, 1.165) is 12.8 Å². The molecule has 0 bridgehead atoms. The van der Waals surface area contributed by atoms with Crippen LogP contribution in [-0.4, -0.2) is 4.98 Å². The van der Waals surface area contributed by atoms with E-state index in [1.54, 1.807) is 0 Å². The third-order valence-corrected chi connectivity index (χ3v) is 3.01. The first-order chi connectivity index (χ1) is 6.59. The van der Waals surface area contributed by atoms with Crippen molar-refractivity contribution in [1.82, 2.24) is 4.98 Å². The molecular formula is C13H21N. The van der Waals surface area contributed by atoms with E-state index in [-0.39, 0.29) is 0 Å². The van der Waals surface area contributed by atoms with Gasteiger partial charge in [-0.2, -0.15) is 0 Å². The molecule has 1 nitrogen and oxygen atoms in total. The van der Waals surface area contributed by atoms with Gasteiger partial charge in [0.25, 0.3) is 0 Å². The summed E-state index contributed by atoms with van der Waals surface area (Å²) in [5.74, 6) is 0. The molecule has 1 aromatic rings. The third kappa shape index (κ3) is 2.83. The number of rotatable bonds is 4. The largest absolute Gasteiger partial charge is 0.264 e. The molecule has 0 unspecified atom stereocenters. The molecule has 78 valence electrons. The summed E-state index contributed by atoms with van der Waals surface area (Å²) in [6.45, 7) is 9.10. The number of pyridine rings is 1. The molecule has 1 heteroatoms. The average Bonchev–Trinajstić information content (AvgIpc) is 2.18. The summed E-state index contributed by atoms with van der Waals surface area (Å²) in [6, 6.07) is 2.16. The molecule has 14 heavy (non-hydrogen) atoms. The Labute approximate surface area is 87.6 Å². The van der Waals surface area contributed by atoms with Crippen molar-refractivity contribution >= 4 is 0 Å². The maximum absolute atomic E-state index is 4.17. The second-order valence-corrected chi connectivity index (χ2v) is 4.69. The molecule has 0 aliphatic carbocycles. The van der Waals surface area contributed by atoms with Crippen LogP contribution in [0.3, 0.4) is 0 Å². The maximum Gasteiger partial charge on any atom is 0.0302 e. The summed E-state index contributed by atoms with van der Waals surface area (Å²) in [5, 5.41) is 0. The normalized spacial score (nSPS) is 11.7. The summed E-state index contributed by atoms with van der Waals surface area (Å²) in [5.41, 5.74) is 3.27. The molecule has 0 spiro atoms. The van der Waals surface area contributed by atoms with Gasteiger partial charge in [0, 0.05) is 12.4 Å². The van der Waals surface area contributed by atoms with Gasteiger partial charge in [-0.05, 0) is 35.4 Å². The summed E-state index contributed by atoms with van der Waals surface area (Å²) in [4.78, 5) is 4.17. The van der Waals surface area contributed by atoms with Gasteiger partial charge in [0.1, 0.15) is 0 Å². The van der Waals surface area contributed by atoms with Crippen molar-refractivity contribution < 1.29 is 0 Å². The van der Waals surface area contributed by atoms with Gasteiger partial charge < -0.3 is 0 Å². The molecule has 0 saturated heterocycles. The van der Waals surface area contributed by atoms with Gasteiger partial charge in [0.05, 0.1) is 0 Å². The van der Waals surface area contributed by atoms with Crippen LogP contribution in [0.5, 0.6) is 0 Å². The second-order valence-electron chi connectivity index (χ2n) is 4.69. The molecule has 0 aromatic carbocycles. The van der Waals surface area contributed by atoms with Crippen molar-refractivity contribution in [2.24, 2.45) is 5.41 Å².